The Bertz CT molecular complexity index is 573. The Morgan fingerprint density at radius 3 is 3.05 bits per heavy atom. The fourth-order valence-electron chi connectivity index (χ4n) is 4.36. The second-order valence-electron chi connectivity index (χ2n) is 6.91. The van der Waals surface area contributed by atoms with Gasteiger partial charge in [-0.1, -0.05) is 19.9 Å². The van der Waals surface area contributed by atoms with Crippen LogP contribution in [0.15, 0.2) is 18.2 Å². The maximum Gasteiger partial charge on any atom is 0.115 e. The van der Waals surface area contributed by atoms with Crippen LogP contribution in [0.2, 0.25) is 0 Å². The highest BCUT2D eigenvalue weighted by molar-refractivity contribution is 5.44. The molecular formula is C19H25NO. The van der Waals surface area contributed by atoms with Crippen LogP contribution in [0.4, 0.5) is 0 Å². The molecule has 0 radical (unpaired) electrons. The van der Waals surface area contributed by atoms with Crippen molar-refractivity contribution in [2.75, 3.05) is 13.1 Å². The molecule has 0 saturated carbocycles. The number of fused-ring (bicyclic) bond motifs is 4. The van der Waals surface area contributed by atoms with Crippen LogP contribution in [0, 0.1) is 18.3 Å². The summed E-state index contributed by atoms with van der Waals surface area (Å²) in [5, 5.41) is 9.85. The van der Waals surface area contributed by atoms with E-state index in [1.54, 1.807) is 0 Å². The van der Waals surface area contributed by atoms with Crippen LogP contribution in [0.25, 0.3) is 0 Å². The van der Waals surface area contributed by atoms with Crippen molar-refractivity contribution in [2.24, 2.45) is 5.92 Å². The summed E-state index contributed by atoms with van der Waals surface area (Å²) >= 11 is 0. The summed E-state index contributed by atoms with van der Waals surface area (Å²) in [5.41, 5.74) is 2.98. The molecule has 2 aliphatic rings. The number of likely N-dealkylation sites (tertiary alicyclic amines) is 1. The Morgan fingerprint density at radius 1 is 1.48 bits per heavy atom. The zero-order chi connectivity index (χ0) is 15.0. The Labute approximate surface area is 128 Å². The van der Waals surface area contributed by atoms with Crippen LogP contribution in [-0.4, -0.2) is 29.1 Å². The van der Waals surface area contributed by atoms with E-state index in [-0.39, 0.29) is 5.41 Å². The lowest BCUT2D eigenvalue weighted by Crippen LogP contribution is -2.58. The van der Waals surface area contributed by atoms with Gasteiger partial charge in [-0.05, 0) is 66.9 Å². The van der Waals surface area contributed by atoms with Crippen molar-refractivity contribution in [1.82, 2.24) is 4.90 Å². The molecule has 3 atom stereocenters. The van der Waals surface area contributed by atoms with Crippen molar-refractivity contribution in [2.45, 2.75) is 51.0 Å². The molecule has 1 fully saturated rings. The highest BCUT2D eigenvalue weighted by Gasteiger charge is 2.48. The second-order valence-corrected chi connectivity index (χ2v) is 6.91. The Morgan fingerprint density at radius 2 is 2.29 bits per heavy atom. The fourth-order valence-corrected chi connectivity index (χ4v) is 4.36. The summed E-state index contributed by atoms with van der Waals surface area (Å²) < 4.78 is 0. The van der Waals surface area contributed by atoms with Crippen molar-refractivity contribution in [1.29, 1.82) is 0 Å². The molecule has 1 N–H and O–H groups in total. The molecule has 1 aliphatic heterocycles. The molecule has 0 spiro atoms. The maximum absolute atomic E-state index is 9.85. The largest absolute Gasteiger partial charge is 0.508 e. The predicted octanol–water partition coefficient (Wildman–Crippen LogP) is 3.33. The minimum absolute atomic E-state index is 0.194. The molecule has 2 bridgehead atoms. The van der Waals surface area contributed by atoms with Crippen LogP contribution in [0.1, 0.15) is 44.2 Å². The van der Waals surface area contributed by atoms with Gasteiger partial charge in [0, 0.05) is 12.5 Å². The number of hydrogen-bond acceptors (Lipinski definition) is 2. The van der Waals surface area contributed by atoms with Gasteiger partial charge in [0.25, 0.3) is 0 Å². The molecule has 1 aliphatic carbocycles. The number of phenols is 1. The van der Waals surface area contributed by atoms with Crippen molar-refractivity contribution >= 4 is 0 Å². The molecule has 2 unspecified atom stereocenters. The number of hydrogen-bond donors (Lipinski definition) is 1. The average molecular weight is 283 g/mol. The number of aromatic hydroxyl groups is 1. The summed E-state index contributed by atoms with van der Waals surface area (Å²) in [6.07, 6.45) is 9.61. The molecule has 3 rings (SSSR count). The Hall–Kier alpha value is -1.46. The molecule has 1 aromatic rings. The van der Waals surface area contributed by atoms with E-state index < -0.39 is 0 Å². The van der Waals surface area contributed by atoms with Gasteiger partial charge in [-0.15, -0.1) is 12.3 Å². The molecule has 1 saturated heterocycles. The summed E-state index contributed by atoms with van der Waals surface area (Å²) in [7, 11) is 0. The molecule has 2 nitrogen and oxygen atoms in total. The first-order valence-electron chi connectivity index (χ1n) is 8.06. The molecule has 2 heteroatoms. The Kier molecular flexibility index (Phi) is 3.71. The third-order valence-corrected chi connectivity index (χ3v) is 5.87. The average Bonchev–Trinajstić information content (AvgIpc) is 2.46. The zero-order valence-corrected chi connectivity index (χ0v) is 13.1. The van der Waals surface area contributed by atoms with Gasteiger partial charge in [0.2, 0.25) is 0 Å². The summed E-state index contributed by atoms with van der Waals surface area (Å²) in [6, 6.07) is 6.55. The van der Waals surface area contributed by atoms with Gasteiger partial charge in [0.1, 0.15) is 5.75 Å². The van der Waals surface area contributed by atoms with Crippen molar-refractivity contribution < 1.29 is 5.11 Å². The van der Waals surface area contributed by atoms with E-state index in [1.165, 1.54) is 11.1 Å². The lowest BCUT2D eigenvalue weighted by atomic mass is 9.59. The number of terminal acetylenes is 1. The van der Waals surface area contributed by atoms with Gasteiger partial charge in [-0.3, -0.25) is 4.90 Å². The number of rotatable bonds is 3. The standard InChI is InChI=1S/C19H25NO/c1-4-5-6-10-20-11-9-19(3)14(2)18(20)12-15-7-8-16(21)13-17(15)19/h1,7-8,13-14,18,21H,5-6,9-12H2,2-3H3/t14?,18?,19-/m0/s1. The number of piperidine rings is 1. The van der Waals surface area contributed by atoms with Crippen LogP contribution in [0.5, 0.6) is 5.75 Å². The molecule has 0 amide bonds. The summed E-state index contributed by atoms with van der Waals surface area (Å²) in [4.78, 5) is 2.64. The van der Waals surface area contributed by atoms with Gasteiger partial charge < -0.3 is 5.11 Å². The first-order valence-corrected chi connectivity index (χ1v) is 8.06. The number of unbranched alkanes of at least 4 members (excludes halogenated alkanes) is 1. The number of phenolic OH excluding ortho intramolecular Hbond substituents is 1. The number of nitrogens with zero attached hydrogens (tertiary/aromatic N) is 1. The van der Waals surface area contributed by atoms with E-state index in [0.29, 0.717) is 17.7 Å². The van der Waals surface area contributed by atoms with Crippen LogP contribution in [-0.2, 0) is 11.8 Å². The van der Waals surface area contributed by atoms with Gasteiger partial charge in [0.15, 0.2) is 0 Å². The van der Waals surface area contributed by atoms with Crippen molar-refractivity contribution in [3.8, 4) is 18.1 Å². The van der Waals surface area contributed by atoms with E-state index in [2.05, 4.69) is 30.7 Å². The van der Waals surface area contributed by atoms with Crippen molar-refractivity contribution in [3.63, 3.8) is 0 Å². The van der Waals surface area contributed by atoms with Crippen LogP contribution in [0.3, 0.4) is 0 Å². The highest BCUT2D eigenvalue weighted by Crippen LogP contribution is 2.49. The molecular weight excluding hydrogens is 258 g/mol. The van der Waals surface area contributed by atoms with E-state index in [9.17, 15) is 5.11 Å². The fraction of sp³-hybridized carbons (Fsp3) is 0.579. The SMILES string of the molecule is C#CCCCN1CC[C@]2(C)c3cc(O)ccc3CC1C2C. The molecule has 1 aromatic carbocycles. The third-order valence-electron chi connectivity index (χ3n) is 5.87. The van der Waals surface area contributed by atoms with E-state index in [4.69, 9.17) is 6.42 Å². The van der Waals surface area contributed by atoms with E-state index in [1.807, 2.05) is 12.1 Å². The first-order chi connectivity index (χ1) is 10.1. The van der Waals surface area contributed by atoms with Gasteiger partial charge in [-0.2, -0.15) is 0 Å². The molecule has 21 heavy (non-hydrogen) atoms. The monoisotopic (exact) mass is 283 g/mol. The van der Waals surface area contributed by atoms with Gasteiger partial charge in [-0.25, -0.2) is 0 Å². The van der Waals surface area contributed by atoms with E-state index >= 15 is 0 Å². The van der Waals surface area contributed by atoms with Crippen molar-refractivity contribution in [3.05, 3.63) is 29.3 Å². The molecule has 0 aromatic heterocycles. The van der Waals surface area contributed by atoms with Gasteiger partial charge in [0.05, 0.1) is 0 Å². The second kappa shape index (κ2) is 5.39. The predicted molar refractivity (Wildman–Crippen MR) is 86.4 cm³/mol. The maximum atomic E-state index is 9.85. The number of benzene rings is 1. The zero-order valence-electron chi connectivity index (χ0n) is 13.1. The van der Waals surface area contributed by atoms with Crippen LogP contribution >= 0.6 is 0 Å². The smallest absolute Gasteiger partial charge is 0.115 e. The Balaban J connectivity index is 1.89. The summed E-state index contributed by atoms with van der Waals surface area (Å²) in [5.74, 6) is 3.77. The lowest BCUT2D eigenvalue weighted by Gasteiger charge is -2.54. The normalized spacial score (nSPS) is 31.5. The third kappa shape index (κ3) is 2.34. The highest BCUT2D eigenvalue weighted by atomic mass is 16.3. The molecule has 112 valence electrons. The minimum atomic E-state index is 0.194. The lowest BCUT2D eigenvalue weighted by molar-refractivity contribution is 0.0309. The minimum Gasteiger partial charge on any atom is -0.508 e. The molecule has 1 heterocycles. The topological polar surface area (TPSA) is 23.5 Å². The summed E-state index contributed by atoms with van der Waals surface area (Å²) in [6.45, 7) is 7.01. The van der Waals surface area contributed by atoms with Crippen LogP contribution < -0.4 is 0 Å². The van der Waals surface area contributed by atoms with E-state index in [0.717, 1.165) is 38.8 Å². The van der Waals surface area contributed by atoms with Gasteiger partial charge >= 0.3 is 0 Å². The quantitative estimate of drug-likeness (QED) is 0.679. The first kappa shape index (κ1) is 14.5.